The predicted octanol–water partition coefficient (Wildman–Crippen LogP) is 6.25. The number of thioether (sulfide) groups is 1. The number of amides is 2. The highest BCUT2D eigenvalue weighted by Gasteiger charge is 2.40. The third-order valence-electron chi connectivity index (χ3n) is 5.28. The normalized spacial score (nSPS) is 13.9. The highest BCUT2D eigenvalue weighted by atomic mass is 35.5. The monoisotopic (exact) mass is 448 g/mol. The number of imide groups is 1. The quantitative estimate of drug-likeness (QED) is 0.468. The van der Waals surface area contributed by atoms with Gasteiger partial charge >= 0.3 is 0 Å². The fraction of sp³-hybridized carbons (Fsp3) is 0.120. The third kappa shape index (κ3) is 4.11. The summed E-state index contributed by atoms with van der Waals surface area (Å²) in [4.78, 5) is 29.3. The van der Waals surface area contributed by atoms with Crippen LogP contribution in [0, 0.1) is 20.8 Å². The van der Waals surface area contributed by atoms with Crippen LogP contribution in [0.15, 0.2) is 82.2 Å². The molecule has 0 spiro atoms. The molecule has 31 heavy (non-hydrogen) atoms. The van der Waals surface area contributed by atoms with Crippen LogP contribution in [-0.4, -0.2) is 11.8 Å². The lowest BCUT2D eigenvalue weighted by Crippen LogP contribution is -2.32. The van der Waals surface area contributed by atoms with Gasteiger partial charge in [0.05, 0.1) is 5.69 Å². The van der Waals surface area contributed by atoms with Crippen LogP contribution < -0.4 is 10.2 Å². The van der Waals surface area contributed by atoms with Crippen LogP contribution in [0.5, 0.6) is 0 Å². The fourth-order valence-electron chi connectivity index (χ4n) is 3.30. The fourth-order valence-corrected chi connectivity index (χ4v) is 4.42. The van der Waals surface area contributed by atoms with Crippen molar-refractivity contribution < 1.29 is 9.59 Å². The molecule has 0 unspecified atom stereocenters. The van der Waals surface area contributed by atoms with Crippen molar-refractivity contribution in [2.75, 3.05) is 10.2 Å². The second-order valence-electron chi connectivity index (χ2n) is 7.37. The van der Waals surface area contributed by atoms with Gasteiger partial charge in [-0.05, 0) is 67.8 Å². The molecule has 0 atom stereocenters. The number of aryl methyl sites for hydroxylation is 2. The molecule has 0 aromatic heterocycles. The van der Waals surface area contributed by atoms with Gasteiger partial charge in [0.25, 0.3) is 11.8 Å². The first-order chi connectivity index (χ1) is 14.9. The Bertz CT molecular complexity index is 1220. The molecule has 1 heterocycles. The summed E-state index contributed by atoms with van der Waals surface area (Å²) in [6, 6.07) is 20.6. The van der Waals surface area contributed by atoms with Crippen molar-refractivity contribution in [2.24, 2.45) is 0 Å². The first-order valence-electron chi connectivity index (χ1n) is 9.82. The predicted molar refractivity (Wildman–Crippen MR) is 128 cm³/mol. The highest BCUT2D eigenvalue weighted by Crippen LogP contribution is 2.39. The average Bonchev–Trinajstić information content (AvgIpc) is 2.98. The third-order valence-corrected chi connectivity index (χ3v) is 6.78. The summed E-state index contributed by atoms with van der Waals surface area (Å²) in [6.07, 6.45) is 0. The number of benzene rings is 3. The molecule has 1 aliphatic rings. The molecule has 1 N–H and O–H groups in total. The number of nitrogens with zero attached hydrogens (tertiary/aromatic N) is 1. The molecule has 0 aliphatic carbocycles. The molecule has 156 valence electrons. The van der Waals surface area contributed by atoms with Crippen molar-refractivity contribution in [1.82, 2.24) is 0 Å². The molecule has 4 rings (SSSR count). The van der Waals surface area contributed by atoms with Crippen molar-refractivity contribution in [3.63, 3.8) is 0 Å². The zero-order chi connectivity index (χ0) is 22.1. The molecule has 3 aromatic rings. The molecular formula is C25H21ClN2O2S. The Morgan fingerprint density at radius 1 is 0.839 bits per heavy atom. The van der Waals surface area contributed by atoms with Crippen LogP contribution in [0.4, 0.5) is 11.4 Å². The van der Waals surface area contributed by atoms with Gasteiger partial charge in [0, 0.05) is 15.6 Å². The molecule has 0 bridgehead atoms. The summed E-state index contributed by atoms with van der Waals surface area (Å²) in [5, 5.41) is 3.75. The molecule has 0 saturated heterocycles. The summed E-state index contributed by atoms with van der Waals surface area (Å²) in [6.45, 7) is 5.87. The SMILES string of the molecule is Cc1ccc(N2C(=O)C(Nc3cccc(C)c3C)=C(Sc3ccccc3)C2=O)cc1Cl. The summed E-state index contributed by atoms with van der Waals surface area (Å²) in [5.41, 5.74) is 4.52. The number of nitrogens with one attached hydrogen (secondary N) is 1. The van der Waals surface area contributed by atoms with E-state index in [0.29, 0.717) is 15.6 Å². The molecule has 0 radical (unpaired) electrons. The van der Waals surface area contributed by atoms with Crippen molar-refractivity contribution in [2.45, 2.75) is 25.7 Å². The van der Waals surface area contributed by atoms with Crippen LogP contribution in [0.2, 0.25) is 5.02 Å². The number of halogens is 1. The van der Waals surface area contributed by atoms with Gasteiger partial charge in [0.1, 0.15) is 10.6 Å². The van der Waals surface area contributed by atoms with E-state index in [2.05, 4.69) is 5.32 Å². The molecule has 6 heteroatoms. The molecule has 4 nitrogen and oxygen atoms in total. The van der Waals surface area contributed by atoms with E-state index in [-0.39, 0.29) is 11.6 Å². The molecule has 1 aliphatic heterocycles. The molecule has 2 amide bonds. The highest BCUT2D eigenvalue weighted by molar-refractivity contribution is 8.04. The topological polar surface area (TPSA) is 49.4 Å². The lowest BCUT2D eigenvalue weighted by Gasteiger charge is -2.16. The maximum atomic E-state index is 13.4. The van der Waals surface area contributed by atoms with Crippen molar-refractivity contribution in [3.05, 3.63) is 99.0 Å². The van der Waals surface area contributed by atoms with Crippen LogP contribution in [-0.2, 0) is 9.59 Å². The van der Waals surface area contributed by atoms with E-state index in [1.165, 1.54) is 16.7 Å². The van der Waals surface area contributed by atoms with Crippen LogP contribution in [0.1, 0.15) is 16.7 Å². The second-order valence-corrected chi connectivity index (χ2v) is 8.86. The Balaban J connectivity index is 1.78. The molecule has 3 aromatic carbocycles. The van der Waals surface area contributed by atoms with Crippen molar-refractivity contribution in [1.29, 1.82) is 0 Å². The number of hydrogen-bond acceptors (Lipinski definition) is 4. The standard InChI is InChI=1S/C25H21ClN2O2S/c1-15-8-7-11-21(17(15)3)27-22-23(31-19-9-5-4-6-10-19)25(30)28(24(22)29)18-13-12-16(2)20(26)14-18/h4-14,27H,1-3H3. The molecule has 0 saturated carbocycles. The zero-order valence-corrected chi connectivity index (χ0v) is 19.0. The van der Waals surface area contributed by atoms with Crippen molar-refractivity contribution >= 4 is 46.6 Å². The summed E-state index contributed by atoms with van der Waals surface area (Å²) in [5.74, 6) is -0.768. The van der Waals surface area contributed by atoms with Gasteiger partial charge in [0.15, 0.2) is 0 Å². The summed E-state index contributed by atoms with van der Waals surface area (Å²) in [7, 11) is 0. The summed E-state index contributed by atoms with van der Waals surface area (Å²) < 4.78 is 0. The van der Waals surface area contributed by atoms with Gasteiger partial charge in [-0.1, -0.05) is 59.8 Å². The number of carbonyl (C=O) groups excluding carboxylic acids is 2. The van der Waals surface area contributed by atoms with E-state index in [9.17, 15) is 9.59 Å². The Kier molecular flexibility index (Phi) is 5.90. The maximum Gasteiger partial charge on any atom is 0.283 e. The van der Waals surface area contributed by atoms with Gasteiger partial charge < -0.3 is 5.32 Å². The Hall–Kier alpha value is -3.02. The minimum Gasteiger partial charge on any atom is -0.350 e. The molecule has 0 fully saturated rings. The van der Waals surface area contributed by atoms with Crippen molar-refractivity contribution in [3.8, 4) is 0 Å². The number of rotatable bonds is 5. The zero-order valence-electron chi connectivity index (χ0n) is 17.4. The molecular weight excluding hydrogens is 428 g/mol. The first kappa shape index (κ1) is 21.2. The minimum absolute atomic E-state index is 0.268. The van der Waals surface area contributed by atoms with Gasteiger partial charge in [-0.3, -0.25) is 9.59 Å². The van der Waals surface area contributed by atoms with Gasteiger partial charge in [-0.25, -0.2) is 4.90 Å². The Morgan fingerprint density at radius 2 is 1.58 bits per heavy atom. The van der Waals surface area contributed by atoms with E-state index < -0.39 is 5.91 Å². The largest absolute Gasteiger partial charge is 0.350 e. The van der Waals surface area contributed by atoms with E-state index in [1.54, 1.807) is 18.2 Å². The number of carbonyl (C=O) groups is 2. The maximum absolute atomic E-state index is 13.4. The number of anilines is 2. The van der Waals surface area contributed by atoms with E-state index >= 15 is 0 Å². The first-order valence-corrected chi connectivity index (χ1v) is 11.0. The van der Waals surface area contributed by atoms with Gasteiger partial charge in [-0.2, -0.15) is 0 Å². The number of hydrogen-bond donors (Lipinski definition) is 1. The van der Waals surface area contributed by atoms with E-state index in [1.807, 2.05) is 69.3 Å². The van der Waals surface area contributed by atoms with Crippen LogP contribution >= 0.6 is 23.4 Å². The average molecular weight is 449 g/mol. The van der Waals surface area contributed by atoms with E-state index in [4.69, 9.17) is 11.6 Å². The second kappa shape index (κ2) is 8.61. The van der Waals surface area contributed by atoms with Crippen LogP contribution in [0.3, 0.4) is 0 Å². The van der Waals surface area contributed by atoms with Crippen LogP contribution in [0.25, 0.3) is 0 Å². The van der Waals surface area contributed by atoms with Gasteiger partial charge in [0.2, 0.25) is 0 Å². The van der Waals surface area contributed by atoms with Gasteiger partial charge in [-0.15, -0.1) is 0 Å². The van der Waals surface area contributed by atoms with E-state index in [0.717, 1.165) is 27.3 Å². The lowest BCUT2D eigenvalue weighted by atomic mass is 10.1. The smallest absolute Gasteiger partial charge is 0.283 e. The lowest BCUT2D eigenvalue weighted by molar-refractivity contribution is -0.120. The Morgan fingerprint density at radius 3 is 2.29 bits per heavy atom. The minimum atomic E-state index is -0.399. The summed E-state index contributed by atoms with van der Waals surface area (Å²) >= 11 is 7.55. The Labute approximate surface area is 190 Å².